The summed E-state index contributed by atoms with van der Waals surface area (Å²) < 4.78 is 16.8. The van der Waals surface area contributed by atoms with Gasteiger partial charge in [0.05, 0.1) is 5.75 Å². The largest absolute Gasteiger partial charge is 0.486 e. The number of fused-ring (bicyclic) bond motifs is 1. The van der Waals surface area contributed by atoms with Crippen LogP contribution in [0.2, 0.25) is 0 Å². The molecule has 4 rings (SSSR count). The number of aromatic nitrogens is 2. The second kappa shape index (κ2) is 8.57. The van der Waals surface area contributed by atoms with Crippen molar-refractivity contribution in [3.8, 4) is 23.0 Å². The van der Waals surface area contributed by atoms with Gasteiger partial charge in [0, 0.05) is 19.2 Å². The van der Waals surface area contributed by atoms with Gasteiger partial charge in [-0.3, -0.25) is 4.79 Å². The smallest absolute Gasteiger partial charge is 0.277 e. The summed E-state index contributed by atoms with van der Waals surface area (Å²) in [6, 6.07) is 13.6. The molecule has 0 atom stereocenters. The van der Waals surface area contributed by atoms with Gasteiger partial charge in [0.25, 0.3) is 5.22 Å². The Hall–Kier alpha value is -3.00. The molecule has 0 spiro atoms. The summed E-state index contributed by atoms with van der Waals surface area (Å²) in [5.74, 6) is 2.10. The van der Waals surface area contributed by atoms with Crippen molar-refractivity contribution in [3.63, 3.8) is 0 Å². The van der Waals surface area contributed by atoms with Gasteiger partial charge in [-0.1, -0.05) is 35.5 Å². The highest BCUT2D eigenvalue weighted by Gasteiger charge is 2.16. The van der Waals surface area contributed by atoms with Crippen LogP contribution in [-0.4, -0.2) is 47.0 Å². The maximum atomic E-state index is 12.5. The first-order valence-electron chi connectivity index (χ1n) is 9.24. The minimum atomic E-state index is -0.0278. The Bertz CT molecular complexity index is 1000. The van der Waals surface area contributed by atoms with E-state index in [9.17, 15) is 4.79 Å². The fourth-order valence-corrected chi connectivity index (χ4v) is 3.57. The van der Waals surface area contributed by atoms with Crippen molar-refractivity contribution in [2.45, 2.75) is 18.7 Å². The van der Waals surface area contributed by atoms with Gasteiger partial charge in [0.1, 0.15) is 13.2 Å². The molecule has 0 unspecified atom stereocenters. The summed E-state index contributed by atoms with van der Waals surface area (Å²) in [7, 11) is 1.77. The molecule has 0 saturated carbocycles. The Morgan fingerprint density at radius 1 is 1.07 bits per heavy atom. The zero-order valence-corrected chi connectivity index (χ0v) is 17.1. The van der Waals surface area contributed by atoms with Crippen LogP contribution in [-0.2, 0) is 11.3 Å². The van der Waals surface area contributed by atoms with Gasteiger partial charge in [-0.05, 0) is 36.8 Å². The molecule has 2 heterocycles. The highest BCUT2D eigenvalue weighted by Crippen LogP contribution is 2.31. The van der Waals surface area contributed by atoms with Gasteiger partial charge in [-0.15, -0.1) is 10.2 Å². The van der Waals surface area contributed by atoms with E-state index in [1.165, 1.54) is 11.8 Å². The summed E-state index contributed by atoms with van der Waals surface area (Å²) in [5.41, 5.74) is 3.00. The number of rotatable bonds is 6. The molecule has 0 radical (unpaired) electrons. The topological polar surface area (TPSA) is 77.7 Å². The Labute approximate surface area is 173 Å². The van der Waals surface area contributed by atoms with E-state index in [2.05, 4.69) is 10.2 Å². The van der Waals surface area contributed by atoms with E-state index in [0.717, 1.165) is 28.2 Å². The predicted molar refractivity (Wildman–Crippen MR) is 109 cm³/mol. The lowest BCUT2D eigenvalue weighted by molar-refractivity contribution is -0.127. The number of hydrogen-bond acceptors (Lipinski definition) is 7. The Morgan fingerprint density at radius 2 is 1.83 bits per heavy atom. The number of carbonyl (C=O) groups excluding carboxylic acids is 1. The molecule has 29 heavy (non-hydrogen) atoms. The SMILES string of the molecule is Cc1ccc(-c2nnc(SCC(=O)N(C)Cc3ccc4c(c3)OCCO4)o2)cc1. The number of aryl methyl sites for hydroxylation is 1. The maximum Gasteiger partial charge on any atom is 0.277 e. The third kappa shape index (κ3) is 4.71. The van der Waals surface area contributed by atoms with Crippen molar-refractivity contribution < 1.29 is 18.7 Å². The van der Waals surface area contributed by atoms with Crippen LogP contribution < -0.4 is 9.47 Å². The zero-order valence-electron chi connectivity index (χ0n) is 16.3. The van der Waals surface area contributed by atoms with Crippen LogP contribution in [0.3, 0.4) is 0 Å². The first-order valence-corrected chi connectivity index (χ1v) is 10.2. The van der Waals surface area contributed by atoms with E-state index in [1.54, 1.807) is 11.9 Å². The lowest BCUT2D eigenvalue weighted by Crippen LogP contribution is -2.27. The lowest BCUT2D eigenvalue weighted by Gasteiger charge is -2.21. The van der Waals surface area contributed by atoms with E-state index in [4.69, 9.17) is 13.9 Å². The molecule has 1 aliphatic rings. The molecule has 1 aliphatic heterocycles. The van der Waals surface area contributed by atoms with Gasteiger partial charge in [-0.2, -0.15) is 0 Å². The van der Waals surface area contributed by atoms with E-state index in [-0.39, 0.29) is 11.7 Å². The van der Waals surface area contributed by atoms with Crippen LogP contribution in [0, 0.1) is 6.92 Å². The normalized spacial score (nSPS) is 12.6. The van der Waals surface area contributed by atoms with Gasteiger partial charge in [0.2, 0.25) is 11.8 Å². The number of amides is 1. The maximum absolute atomic E-state index is 12.5. The van der Waals surface area contributed by atoms with Gasteiger partial charge in [-0.25, -0.2) is 0 Å². The Kier molecular flexibility index (Phi) is 5.71. The number of hydrogen-bond donors (Lipinski definition) is 0. The molecule has 1 amide bonds. The highest BCUT2D eigenvalue weighted by molar-refractivity contribution is 7.99. The minimum Gasteiger partial charge on any atom is -0.486 e. The third-order valence-electron chi connectivity index (χ3n) is 4.48. The van der Waals surface area contributed by atoms with Crippen LogP contribution in [0.25, 0.3) is 11.5 Å². The number of nitrogens with zero attached hydrogens (tertiary/aromatic N) is 3. The summed E-state index contributed by atoms with van der Waals surface area (Å²) in [5, 5.41) is 8.46. The highest BCUT2D eigenvalue weighted by atomic mass is 32.2. The summed E-state index contributed by atoms with van der Waals surface area (Å²) in [4.78, 5) is 14.1. The average molecular weight is 411 g/mol. The van der Waals surface area contributed by atoms with Crippen molar-refractivity contribution in [1.82, 2.24) is 15.1 Å². The van der Waals surface area contributed by atoms with Crippen LogP contribution in [0.15, 0.2) is 52.1 Å². The molecule has 0 N–H and O–H groups in total. The molecule has 2 aromatic carbocycles. The molecule has 0 bridgehead atoms. The van der Waals surface area contributed by atoms with E-state index in [1.807, 2.05) is 49.4 Å². The lowest BCUT2D eigenvalue weighted by atomic mass is 10.1. The molecular formula is C21H21N3O4S. The molecule has 7 nitrogen and oxygen atoms in total. The fourth-order valence-electron chi connectivity index (χ4n) is 2.86. The van der Waals surface area contributed by atoms with Crippen molar-refractivity contribution in [3.05, 3.63) is 53.6 Å². The molecule has 8 heteroatoms. The zero-order chi connectivity index (χ0) is 20.2. The molecular weight excluding hydrogens is 390 g/mol. The van der Waals surface area contributed by atoms with Gasteiger partial charge in [0.15, 0.2) is 11.5 Å². The first-order chi connectivity index (χ1) is 14.1. The van der Waals surface area contributed by atoms with Crippen LogP contribution in [0.1, 0.15) is 11.1 Å². The van der Waals surface area contributed by atoms with Crippen molar-refractivity contribution in [2.75, 3.05) is 26.0 Å². The fraction of sp³-hybridized carbons (Fsp3) is 0.286. The standard InChI is InChI=1S/C21H21N3O4S/c1-14-3-6-16(7-4-14)20-22-23-21(28-20)29-13-19(25)24(2)12-15-5-8-17-18(11-15)27-10-9-26-17/h3-8,11H,9-10,12-13H2,1-2H3. The van der Waals surface area contributed by atoms with Crippen molar-refractivity contribution >= 4 is 17.7 Å². The predicted octanol–water partition coefficient (Wildman–Crippen LogP) is 3.57. The molecule has 0 fully saturated rings. The Balaban J connectivity index is 1.32. The van der Waals surface area contributed by atoms with Gasteiger partial charge >= 0.3 is 0 Å². The monoisotopic (exact) mass is 411 g/mol. The average Bonchev–Trinajstić information content (AvgIpc) is 3.21. The van der Waals surface area contributed by atoms with E-state index < -0.39 is 0 Å². The van der Waals surface area contributed by atoms with Crippen LogP contribution >= 0.6 is 11.8 Å². The Morgan fingerprint density at radius 3 is 2.62 bits per heavy atom. The number of ether oxygens (including phenoxy) is 2. The van der Waals surface area contributed by atoms with E-state index >= 15 is 0 Å². The summed E-state index contributed by atoms with van der Waals surface area (Å²) in [6.07, 6.45) is 0. The second-order valence-corrected chi connectivity index (χ2v) is 7.68. The summed E-state index contributed by atoms with van der Waals surface area (Å²) in [6.45, 7) is 3.60. The molecule has 1 aromatic heterocycles. The molecule has 3 aromatic rings. The minimum absolute atomic E-state index is 0.0278. The van der Waals surface area contributed by atoms with Gasteiger partial charge < -0.3 is 18.8 Å². The van der Waals surface area contributed by atoms with E-state index in [0.29, 0.717) is 30.9 Å². The second-order valence-electron chi connectivity index (χ2n) is 6.76. The van der Waals surface area contributed by atoms with Crippen LogP contribution in [0.4, 0.5) is 0 Å². The van der Waals surface area contributed by atoms with Crippen LogP contribution in [0.5, 0.6) is 11.5 Å². The summed E-state index contributed by atoms with van der Waals surface area (Å²) >= 11 is 1.23. The number of carbonyl (C=O) groups is 1. The quantitative estimate of drug-likeness (QED) is 0.574. The molecule has 0 aliphatic carbocycles. The van der Waals surface area contributed by atoms with Crippen molar-refractivity contribution in [1.29, 1.82) is 0 Å². The molecule has 150 valence electrons. The number of benzene rings is 2. The third-order valence-corrected chi connectivity index (χ3v) is 5.28. The van der Waals surface area contributed by atoms with Crippen molar-refractivity contribution in [2.24, 2.45) is 0 Å². The number of thioether (sulfide) groups is 1. The molecule has 0 saturated heterocycles. The first kappa shape index (κ1) is 19.3.